The monoisotopic (exact) mass is 263 g/mol. The van der Waals surface area contributed by atoms with E-state index in [0.29, 0.717) is 0 Å². The van der Waals surface area contributed by atoms with E-state index in [9.17, 15) is 4.79 Å². The second kappa shape index (κ2) is 6.47. The summed E-state index contributed by atoms with van der Waals surface area (Å²) >= 11 is 0. The number of amides is 1. The molecule has 0 atom stereocenters. The minimum Gasteiger partial charge on any atom is -0.368 e. The average Bonchev–Trinajstić information content (AvgIpc) is 2.42. The molecule has 0 fully saturated rings. The molecule has 2 rings (SSSR count). The van der Waals surface area contributed by atoms with E-state index in [2.05, 4.69) is 22.2 Å². The molecule has 6 heteroatoms. The smallest absolute Gasteiger partial charge is 0.236 e. The van der Waals surface area contributed by atoms with Gasteiger partial charge in [0.25, 0.3) is 0 Å². The summed E-state index contributed by atoms with van der Waals surface area (Å²) in [5, 5.41) is 3.32. The van der Waals surface area contributed by atoms with Crippen LogP contribution in [0.4, 0.5) is 5.82 Å². The zero-order valence-electron chi connectivity index (χ0n) is 11.4. The van der Waals surface area contributed by atoms with Crippen molar-refractivity contribution in [2.24, 2.45) is 5.73 Å². The number of primary amides is 1. The SMILES string of the molecule is CCCCN(CC(N)=O)c1ncnc2c1CNCC2. The van der Waals surface area contributed by atoms with E-state index < -0.39 is 0 Å². The molecule has 0 bridgehead atoms. The van der Waals surface area contributed by atoms with Crippen LogP contribution in [-0.4, -0.2) is 35.5 Å². The number of nitrogens with one attached hydrogen (secondary N) is 1. The number of rotatable bonds is 6. The summed E-state index contributed by atoms with van der Waals surface area (Å²) in [6.45, 7) is 4.83. The molecule has 0 unspecified atom stereocenters. The van der Waals surface area contributed by atoms with Crippen LogP contribution >= 0.6 is 0 Å². The highest BCUT2D eigenvalue weighted by atomic mass is 16.1. The number of hydrogen-bond acceptors (Lipinski definition) is 5. The van der Waals surface area contributed by atoms with Gasteiger partial charge in [-0.2, -0.15) is 0 Å². The van der Waals surface area contributed by atoms with Crippen molar-refractivity contribution in [1.82, 2.24) is 15.3 Å². The number of carbonyl (C=O) groups is 1. The Kier molecular flexibility index (Phi) is 4.68. The third-order valence-corrected chi connectivity index (χ3v) is 3.28. The largest absolute Gasteiger partial charge is 0.368 e. The van der Waals surface area contributed by atoms with E-state index in [0.717, 1.165) is 56.0 Å². The topological polar surface area (TPSA) is 84.1 Å². The third-order valence-electron chi connectivity index (χ3n) is 3.28. The molecule has 1 aromatic rings. The van der Waals surface area contributed by atoms with Crippen molar-refractivity contribution < 1.29 is 4.79 Å². The van der Waals surface area contributed by atoms with Crippen molar-refractivity contribution in [2.75, 3.05) is 24.5 Å². The van der Waals surface area contributed by atoms with Gasteiger partial charge in [0, 0.05) is 31.6 Å². The fourth-order valence-electron chi connectivity index (χ4n) is 2.32. The number of anilines is 1. The molecule has 6 nitrogen and oxygen atoms in total. The van der Waals surface area contributed by atoms with Gasteiger partial charge in [-0.05, 0) is 6.42 Å². The van der Waals surface area contributed by atoms with Crippen LogP contribution in [0.25, 0.3) is 0 Å². The van der Waals surface area contributed by atoms with Crippen molar-refractivity contribution >= 4 is 11.7 Å². The van der Waals surface area contributed by atoms with Crippen LogP contribution in [0.2, 0.25) is 0 Å². The normalized spacial score (nSPS) is 13.9. The summed E-state index contributed by atoms with van der Waals surface area (Å²) in [5.74, 6) is 0.525. The van der Waals surface area contributed by atoms with Crippen molar-refractivity contribution in [1.29, 1.82) is 0 Å². The first kappa shape index (κ1) is 13.7. The van der Waals surface area contributed by atoms with Gasteiger partial charge in [0.05, 0.1) is 12.2 Å². The number of nitrogens with two attached hydrogens (primary N) is 1. The third kappa shape index (κ3) is 3.41. The second-order valence-corrected chi connectivity index (χ2v) is 4.79. The van der Waals surface area contributed by atoms with Crippen LogP contribution in [0.3, 0.4) is 0 Å². The van der Waals surface area contributed by atoms with Crippen LogP contribution in [0.15, 0.2) is 6.33 Å². The molecule has 0 radical (unpaired) electrons. The summed E-state index contributed by atoms with van der Waals surface area (Å²) in [7, 11) is 0. The van der Waals surface area contributed by atoms with Gasteiger partial charge < -0.3 is 16.0 Å². The molecule has 0 saturated heterocycles. The van der Waals surface area contributed by atoms with Crippen LogP contribution in [0.5, 0.6) is 0 Å². The Morgan fingerprint density at radius 2 is 2.37 bits per heavy atom. The Bertz CT molecular complexity index is 449. The lowest BCUT2D eigenvalue weighted by molar-refractivity contribution is -0.116. The predicted octanol–water partition coefficient (Wildman–Crippen LogP) is 0.214. The molecule has 1 aliphatic rings. The molecule has 0 spiro atoms. The quantitative estimate of drug-likeness (QED) is 0.766. The fraction of sp³-hybridized carbons (Fsp3) is 0.615. The van der Waals surface area contributed by atoms with E-state index in [-0.39, 0.29) is 12.5 Å². The molecule has 0 saturated carbocycles. The van der Waals surface area contributed by atoms with E-state index in [4.69, 9.17) is 5.73 Å². The standard InChI is InChI=1S/C13H21N5O/c1-2-3-6-18(8-12(14)19)13-10-7-15-5-4-11(10)16-9-17-13/h9,15H,2-8H2,1H3,(H2,14,19). The Hall–Kier alpha value is -1.69. The summed E-state index contributed by atoms with van der Waals surface area (Å²) in [4.78, 5) is 21.9. The van der Waals surface area contributed by atoms with Crippen LogP contribution in [0.1, 0.15) is 31.0 Å². The molecule has 1 amide bonds. The first-order chi connectivity index (χ1) is 9.22. The second-order valence-electron chi connectivity index (χ2n) is 4.79. The number of aromatic nitrogens is 2. The first-order valence-corrected chi connectivity index (χ1v) is 6.79. The maximum Gasteiger partial charge on any atom is 0.236 e. The predicted molar refractivity (Wildman–Crippen MR) is 73.8 cm³/mol. The van der Waals surface area contributed by atoms with Crippen LogP contribution in [0, 0.1) is 0 Å². The maximum absolute atomic E-state index is 11.2. The summed E-state index contributed by atoms with van der Waals surface area (Å²) in [6.07, 6.45) is 4.57. The molecule has 0 aromatic carbocycles. The Morgan fingerprint density at radius 3 is 3.11 bits per heavy atom. The summed E-state index contributed by atoms with van der Waals surface area (Å²) in [6, 6.07) is 0. The zero-order valence-corrected chi connectivity index (χ0v) is 11.4. The van der Waals surface area contributed by atoms with Gasteiger partial charge >= 0.3 is 0 Å². The molecule has 19 heavy (non-hydrogen) atoms. The Labute approximate surface area is 113 Å². The van der Waals surface area contributed by atoms with Crippen molar-refractivity contribution in [3.8, 4) is 0 Å². The zero-order chi connectivity index (χ0) is 13.7. The van der Waals surface area contributed by atoms with Gasteiger partial charge in [0.15, 0.2) is 0 Å². The van der Waals surface area contributed by atoms with Crippen molar-refractivity contribution in [2.45, 2.75) is 32.7 Å². The molecule has 104 valence electrons. The number of unbranched alkanes of at least 4 members (excludes halogenated alkanes) is 1. The number of nitrogens with zero attached hydrogens (tertiary/aromatic N) is 3. The highest BCUT2D eigenvalue weighted by Crippen LogP contribution is 2.22. The summed E-state index contributed by atoms with van der Waals surface area (Å²) < 4.78 is 0. The van der Waals surface area contributed by atoms with Gasteiger partial charge in [-0.1, -0.05) is 13.3 Å². The lowest BCUT2D eigenvalue weighted by Gasteiger charge is -2.27. The minimum absolute atomic E-state index is 0.212. The first-order valence-electron chi connectivity index (χ1n) is 6.79. The Balaban J connectivity index is 2.26. The Morgan fingerprint density at radius 1 is 1.53 bits per heavy atom. The van der Waals surface area contributed by atoms with Crippen molar-refractivity contribution in [3.05, 3.63) is 17.6 Å². The number of fused-ring (bicyclic) bond motifs is 1. The molecule has 1 aromatic heterocycles. The highest BCUT2D eigenvalue weighted by Gasteiger charge is 2.20. The molecule has 1 aliphatic heterocycles. The molecule has 3 N–H and O–H groups in total. The lowest BCUT2D eigenvalue weighted by atomic mass is 10.1. The maximum atomic E-state index is 11.2. The van der Waals surface area contributed by atoms with E-state index in [1.54, 1.807) is 6.33 Å². The summed E-state index contributed by atoms with van der Waals surface area (Å²) in [5.41, 5.74) is 7.52. The number of hydrogen-bond donors (Lipinski definition) is 2. The van der Waals surface area contributed by atoms with Crippen molar-refractivity contribution in [3.63, 3.8) is 0 Å². The molecular formula is C13H21N5O. The molecule has 2 heterocycles. The van der Waals surface area contributed by atoms with Gasteiger partial charge in [0.2, 0.25) is 5.91 Å². The van der Waals surface area contributed by atoms with Gasteiger partial charge in [-0.15, -0.1) is 0 Å². The number of carbonyl (C=O) groups excluding carboxylic acids is 1. The average molecular weight is 263 g/mol. The lowest BCUT2D eigenvalue weighted by Crippen LogP contribution is -2.37. The van der Waals surface area contributed by atoms with E-state index >= 15 is 0 Å². The van der Waals surface area contributed by atoms with Gasteiger partial charge in [0.1, 0.15) is 12.1 Å². The van der Waals surface area contributed by atoms with Crippen LogP contribution < -0.4 is 16.0 Å². The van der Waals surface area contributed by atoms with E-state index in [1.807, 2.05) is 4.90 Å². The van der Waals surface area contributed by atoms with Crippen LogP contribution in [-0.2, 0) is 17.8 Å². The van der Waals surface area contributed by atoms with Gasteiger partial charge in [-0.25, -0.2) is 9.97 Å². The fourth-order valence-corrected chi connectivity index (χ4v) is 2.32. The molecular weight excluding hydrogens is 242 g/mol. The van der Waals surface area contributed by atoms with Gasteiger partial charge in [-0.3, -0.25) is 4.79 Å². The highest BCUT2D eigenvalue weighted by molar-refractivity contribution is 5.79. The molecule has 0 aliphatic carbocycles. The van der Waals surface area contributed by atoms with E-state index in [1.165, 1.54) is 0 Å². The minimum atomic E-state index is -0.327.